The molecule has 25 heavy (non-hydrogen) atoms. The third-order valence-electron chi connectivity index (χ3n) is 4.57. The highest BCUT2D eigenvalue weighted by Gasteiger charge is 2.34. The van der Waals surface area contributed by atoms with Gasteiger partial charge in [-0.25, -0.2) is 13.4 Å². The van der Waals surface area contributed by atoms with Crippen molar-refractivity contribution in [2.45, 2.75) is 36.8 Å². The van der Waals surface area contributed by atoms with Crippen molar-refractivity contribution in [2.24, 2.45) is 7.05 Å². The minimum absolute atomic E-state index is 0.0145. The van der Waals surface area contributed by atoms with Crippen LogP contribution in [0.15, 0.2) is 17.6 Å². The van der Waals surface area contributed by atoms with Gasteiger partial charge in [-0.2, -0.15) is 4.72 Å². The summed E-state index contributed by atoms with van der Waals surface area (Å²) in [5.41, 5.74) is 0. The van der Waals surface area contributed by atoms with Crippen molar-refractivity contribution < 1.29 is 18.0 Å². The average Bonchev–Trinajstić information content (AvgIpc) is 3.22. The number of likely N-dealkylation sites (tertiary alicyclic amines) is 2. The standard InChI is InChI=1S/C15H23N5O4S/c1-18-9-13(16-11-18)25(23,24)17-12-5-4-8-20(15(12)22)10-14(21)19-6-2-3-7-19/h9,11-12,17H,2-8,10H2,1H3. The van der Waals surface area contributed by atoms with E-state index in [2.05, 4.69) is 9.71 Å². The van der Waals surface area contributed by atoms with Crippen LogP contribution >= 0.6 is 0 Å². The fraction of sp³-hybridized carbons (Fsp3) is 0.667. The maximum Gasteiger partial charge on any atom is 0.260 e. The first-order valence-electron chi connectivity index (χ1n) is 8.44. The van der Waals surface area contributed by atoms with Crippen molar-refractivity contribution in [3.63, 3.8) is 0 Å². The third kappa shape index (κ3) is 4.01. The summed E-state index contributed by atoms with van der Waals surface area (Å²) < 4.78 is 28.7. The summed E-state index contributed by atoms with van der Waals surface area (Å²) in [5.74, 6) is -0.419. The minimum atomic E-state index is -3.86. The first kappa shape index (κ1) is 17.9. The van der Waals surface area contributed by atoms with Crippen LogP contribution in [0.4, 0.5) is 0 Å². The maximum absolute atomic E-state index is 12.6. The number of amides is 2. The van der Waals surface area contributed by atoms with Gasteiger partial charge in [-0.05, 0) is 25.7 Å². The van der Waals surface area contributed by atoms with Crippen LogP contribution in [0.25, 0.3) is 0 Å². The predicted molar refractivity (Wildman–Crippen MR) is 88.9 cm³/mol. The SMILES string of the molecule is Cn1cnc(S(=O)(=O)NC2CCCN(CC(=O)N3CCCC3)C2=O)c1. The van der Waals surface area contributed by atoms with Crippen LogP contribution in [-0.2, 0) is 26.7 Å². The van der Waals surface area contributed by atoms with Crippen LogP contribution < -0.4 is 4.72 Å². The molecule has 0 radical (unpaired) electrons. The molecule has 138 valence electrons. The Labute approximate surface area is 147 Å². The van der Waals surface area contributed by atoms with Crippen molar-refractivity contribution in [3.8, 4) is 0 Å². The Balaban J connectivity index is 1.64. The molecule has 2 aliphatic rings. The molecule has 0 spiro atoms. The van der Waals surface area contributed by atoms with Crippen LogP contribution in [0.1, 0.15) is 25.7 Å². The van der Waals surface area contributed by atoms with Crippen LogP contribution in [0, 0.1) is 0 Å². The quantitative estimate of drug-likeness (QED) is 0.740. The van der Waals surface area contributed by atoms with Gasteiger partial charge in [0, 0.05) is 32.9 Å². The van der Waals surface area contributed by atoms with E-state index in [9.17, 15) is 18.0 Å². The molecule has 2 saturated heterocycles. The second-order valence-electron chi connectivity index (χ2n) is 6.54. The fourth-order valence-corrected chi connectivity index (χ4v) is 4.42. The summed E-state index contributed by atoms with van der Waals surface area (Å²) in [7, 11) is -2.19. The molecule has 0 aromatic carbocycles. The van der Waals surface area contributed by atoms with E-state index in [0.29, 0.717) is 19.4 Å². The number of piperidine rings is 1. The van der Waals surface area contributed by atoms with Crippen molar-refractivity contribution in [3.05, 3.63) is 12.5 Å². The van der Waals surface area contributed by atoms with Gasteiger partial charge >= 0.3 is 0 Å². The third-order valence-corrected chi connectivity index (χ3v) is 5.93. The molecule has 2 fully saturated rings. The van der Waals surface area contributed by atoms with Crippen molar-refractivity contribution in [1.82, 2.24) is 24.1 Å². The van der Waals surface area contributed by atoms with Gasteiger partial charge in [0.2, 0.25) is 11.8 Å². The molecule has 9 nitrogen and oxygen atoms in total. The average molecular weight is 369 g/mol. The number of sulfonamides is 1. The Morgan fingerprint density at radius 1 is 1.28 bits per heavy atom. The summed E-state index contributed by atoms with van der Waals surface area (Å²) in [5, 5.41) is -0.118. The molecular weight excluding hydrogens is 346 g/mol. The second-order valence-corrected chi connectivity index (χ2v) is 8.20. The molecule has 3 rings (SSSR count). The molecule has 1 aromatic heterocycles. The largest absolute Gasteiger partial charge is 0.341 e. The second kappa shape index (κ2) is 7.12. The Kier molecular flexibility index (Phi) is 5.09. The van der Waals surface area contributed by atoms with Crippen molar-refractivity contribution >= 4 is 21.8 Å². The Morgan fingerprint density at radius 2 is 2.00 bits per heavy atom. The minimum Gasteiger partial charge on any atom is -0.341 e. The number of hydrogen-bond donors (Lipinski definition) is 1. The number of rotatable bonds is 5. The molecule has 1 N–H and O–H groups in total. The Bertz CT molecular complexity index is 754. The molecule has 2 aliphatic heterocycles. The molecular formula is C15H23N5O4S. The van der Waals surface area contributed by atoms with Gasteiger partial charge in [0.25, 0.3) is 10.0 Å². The van der Waals surface area contributed by atoms with E-state index < -0.39 is 16.1 Å². The number of carbonyl (C=O) groups is 2. The van der Waals surface area contributed by atoms with Crippen LogP contribution in [0.3, 0.4) is 0 Å². The molecule has 1 aromatic rings. The molecule has 0 saturated carbocycles. The van der Waals surface area contributed by atoms with Gasteiger partial charge in [-0.15, -0.1) is 0 Å². The Morgan fingerprint density at radius 3 is 2.64 bits per heavy atom. The zero-order valence-electron chi connectivity index (χ0n) is 14.2. The monoisotopic (exact) mass is 369 g/mol. The van der Waals surface area contributed by atoms with Gasteiger partial charge in [-0.1, -0.05) is 0 Å². The van der Waals surface area contributed by atoms with Crippen molar-refractivity contribution in [2.75, 3.05) is 26.2 Å². The zero-order valence-corrected chi connectivity index (χ0v) is 15.0. The van der Waals surface area contributed by atoms with E-state index in [1.165, 1.54) is 22.0 Å². The highest BCUT2D eigenvalue weighted by Crippen LogP contribution is 2.16. The summed E-state index contributed by atoms with van der Waals surface area (Å²) in [6.07, 6.45) is 5.81. The Hall–Kier alpha value is -1.94. The van der Waals surface area contributed by atoms with Crippen LogP contribution in [0.2, 0.25) is 0 Å². The van der Waals surface area contributed by atoms with E-state index in [4.69, 9.17) is 0 Å². The van der Waals surface area contributed by atoms with Gasteiger partial charge < -0.3 is 14.4 Å². The van der Waals surface area contributed by atoms with E-state index in [-0.39, 0.29) is 23.4 Å². The first-order valence-corrected chi connectivity index (χ1v) is 9.92. The molecule has 2 amide bonds. The van der Waals surface area contributed by atoms with Crippen LogP contribution in [0.5, 0.6) is 0 Å². The number of carbonyl (C=O) groups excluding carboxylic acids is 2. The highest BCUT2D eigenvalue weighted by molar-refractivity contribution is 7.89. The maximum atomic E-state index is 12.6. The van der Waals surface area contributed by atoms with Gasteiger partial charge in [0.05, 0.1) is 12.9 Å². The number of nitrogens with one attached hydrogen (secondary N) is 1. The van der Waals surface area contributed by atoms with Gasteiger partial charge in [0.1, 0.15) is 6.04 Å². The molecule has 1 atom stereocenters. The lowest BCUT2D eigenvalue weighted by atomic mass is 10.1. The zero-order chi connectivity index (χ0) is 18.0. The number of aryl methyl sites for hydroxylation is 1. The normalized spacial score (nSPS) is 21.8. The number of aromatic nitrogens is 2. The van der Waals surface area contributed by atoms with Crippen molar-refractivity contribution in [1.29, 1.82) is 0 Å². The van der Waals surface area contributed by atoms with Crippen LogP contribution in [-0.4, -0.2) is 71.8 Å². The topological polar surface area (TPSA) is 105 Å². The highest BCUT2D eigenvalue weighted by atomic mass is 32.2. The van der Waals surface area contributed by atoms with Gasteiger partial charge in [0.15, 0.2) is 5.03 Å². The number of hydrogen-bond acceptors (Lipinski definition) is 5. The lowest BCUT2D eigenvalue weighted by molar-refractivity contribution is -0.142. The smallest absolute Gasteiger partial charge is 0.260 e. The van der Waals surface area contributed by atoms with E-state index in [1.54, 1.807) is 11.9 Å². The number of imidazole rings is 1. The molecule has 1 unspecified atom stereocenters. The predicted octanol–water partition coefficient (Wildman–Crippen LogP) is -0.688. The summed E-state index contributed by atoms with van der Waals surface area (Å²) in [6.45, 7) is 1.95. The lowest BCUT2D eigenvalue weighted by Crippen LogP contribution is -2.54. The molecule has 3 heterocycles. The fourth-order valence-electron chi connectivity index (χ4n) is 3.21. The molecule has 0 aliphatic carbocycles. The van der Waals surface area contributed by atoms with E-state index >= 15 is 0 Å². The number of nitrogens with zero attached hydrogens (tertiary/aromatic N) is 4. The van der Waals surface area contributed by atoms with E-state index in [1.807, 2.05) is 0 Å². The molecule has 0 bridgehead atoms. The lowest BCUT2D eigenvalue weighted by Gasteiger charge is -2.32. The van der Waals surface area contributed by atoms with E-state index in [0.717, 1.165) is 25.9 Å². The summed E-state index contributed by atoms with van der Waals surface area (Å²) in [4.78, 5) is 31.9. The summed E-state index contributed by atoms with van der Waals surface area (Å²) in [6, 6.07) is -0.855. The van der Waals surface area contributed by atoms with Gasteiger partial charge in [-0.3, -0.25) is 9.59 Å². The molecule has 10 heteroatoms. The summed E-state index contributed by atoms with van der Waals surface area (Å²) >= 11 is 0. The first-order chi connectivity index (χ1) is 11.9.